The molecule has 1 aliphatic rings. The fourth-order valence-electron chi connectivity index (χ4n) is 3.29. The molecule has 23 heavy (non-hydrogen) atoms. The van der Waals surface area contributed by atoms with E-state index in [4.69, 9.17) is 16.1 Å². The van der Waals surface area contributed by atoms with Crippen LogP contribution in [0.5, 0.6) is 0 Å². The Balaban J connectivity index is 1.84. The molecular formula is C17H18ClFN2O2. The van der Waals surface area contributed by atoms with Crippen molar-refractivity contribution in [3.05, 3.63) is 51.6 Å². The number of amides is 1. The van der Waals surface area contributed by atoms with Crippen LogP contribution in [0.15, 0.2) is 22.7 Å². The van der Waals surface area contributed by atoms with Crippen molar-refractivity contribution >= 4 is 17.5 Å². The average molecular weight is 337 g/mol. The first-order valence-electron chi connectivity index (χ1n) is 7.64. The van der Waals surface area contributed by atoms with Gasteiger partial charge >= 0.3 is 0 Å². The lowest BCUT2D eigenvalue weighted by molar-refractivity contribution is -0.131. The van der Waals surface area contributed by atoms with Crippen LogP contribution in [0, 0.1) is 19.7 Å². The van der Waals surface area contributed by atoms with E-state index >= 15 is 0 Å². The summed E-state index contributed by atoms with van der Waals surface area (Å²) in [5.74, 6) is 0.162. The number of carbonyl (C=O) groups excluding carboxylic acids is 1. The van der Waals surface area contributed by atoms with Gasteiger partial charge in [-0.25, -0.2) is 4.39 Å². The summed E-state index contributed by atoms with van der Waals surface area (Å²) in [5, 5.41) is 4.26. The fourth-order valence-corrected chi connectivity index (χ4v) is 3.51. The number of aromatic nitrogens is 1. The van der Waals surface area contributed by atoms with Gasteiger partial charge in [-0.15, -0.1) is 0 Å². The zero-order valence-corrected chi connectivity index (χ0v) is 13.9. The average Bonchev–Trinajstić information content (AvgIpc) is 3.09. The minimum absolute atomic E-state index is 0.0363. The Hall–Kier alpha value is -1.88. The van der Waals surface area contributed by atoms with Crippen LogP contribution in [0.1, 0.15) is 41.5 Å². The molecule has 1 atom stereocenters. The van der Waals surface area contributed by atoms with Crippen molar-refractivity contribution < 1.29 is 13.7 Å². The molecule has 122 valence electrons. The lowest BCUT2D eigenvalue weighted by Crippen LogP contribution is -2.32. The molecule has 1 aliphatic heterocycles. The number of benzene rings is 1. The summed E-state index contributed by atoms with van der Waals surface area (Å²) in [6.07, 6.45) is 1.73. The smallest absolute Gasteiger partial charge is 0.227 e. The number of hydrogen-bond acceptors (Lipinski definition) is 3. The highest BCUT2D eigenvalue weighted by atomic mass is 35.5. The highest BCUT2D eigenvalue weighted by molar-refractivity contribution is 6.31. The third kappa shape index (κ3) is 2.98. The van der Waals surface area contributed by atoms with Crippen LogP contribution in [0.25, 0.3) is 0 Å². The predicted octanol–water partition coefficient (Wildman–Crippen LogP) is 3.99. The van der Waals surface area contributed by atoms with Gasteiger partial charge < -0.3 is 9.42 Å². The van der Waals surface area contributed by atoms with Crippen LogP contribution in [-0.2, 0) is 11.2 Å². The third-order valence-corrected chi connectivity index (χ3v) is 4.74. The quantitative estimate of drug-likeness (QED) is 0.851. The van der Waals surface area contributed by atoms with E-state index in [0.29, 0.717) is 6.54 Å². The van der Waals surface area contributed by atoms with Gasteiger partial charge in [0.2, 0.25) is 5.91 Å². The lowest BCUT2D eigenvalue weighted by atomic mass is 10.0. The number of likely N-dealkylation sites (tertiary alicyclic amines) is 1. The zero-order valence-electron chi connectivity index (χ0n) is 13.1. The summed E-state index contributed by atoms with van der Waals surface area (Å²) in [7, 11) is 0. The number of rotatable bonds is 3. The van der Waals surface area contributed by atoms with Gasteiger partial charge in [0.1, 0.15) is 11.6 Å². The molecule has 0 N–H and O–H groups in total. The van der Waals surface area contributed by atoms with Crippen LogP contribution >= 0.6 is 11.6 Å². The molecule has 1 aromatic heterocycles. The van der Waals surface area contributed by atoms with Crippen LogP contribution < -0.4 is 0 Å². The molecule has 2 aromatic rings. The van der Waals surface area contributed by atoms with Crippen molar-refractivity contribution in [3.63, 3.8) is 0 Å². The van der Waals surface area contributed by atoms with Crippen molar-refractivity contribution in [1.29, 1.82) is 0 Å². The number of halogens is 2. The van der Waals surface area contributed by atoms with Gasteiger partial charge in [0.15, 0.2) is 0 Å². The minimum Gasteiger partial charge on any atom is -0.361 e. The van der Waals surface area contributed by atoms with Crippen molar-refractivity contribution in [2.24, 2.45) is 0 Å². The van der Waals surface area contributed by atoms with Crippen molar-refractivity contribution in [3.8, 4) is 0 Å². The molecule has 1 aromatic carbocycles. The second kappa shape index (κ2) is 6.32. The molecule has 0 unspecified atom stereocenters. The van der Waals surface area contributed by atoms with Gasteiger partial charge in [0.05, 0.1) is 18.2 Å². The van der Waals surface area contributed by atoms with E-state index in [-0.39, 0.29) is 29.0 Å². The van der Waals surface area contributed by atoms with Gasteiger partial charge in [-0.1, -0.05) is 22.8 Å². The van der Waals surface area contributed by atoms with Crippen molar-refractivity contribution in [2.75, 3.05) is 6.54 Å². The number of nitrogens with zero attached hydrogens (tertiary/aromatic N) is 2. The Bertz CT molecular complexity index is 704. The molecule has 0 radical (unpaired) electrons. The van der Waals surface area contributed by atoms with Crippen molar-refractivity contribution in [1.82, 2.24) is 10.1 Å². The molecule has 2 heterocycles. The third-order valence-electron chi connectivity index (χ3n) is 4.38. The molecule has 0 saturated carbocycles. The molecule has 6 heteroatoms. The topological polar surface area (TPSA) is 46.3 Å². The van der Waals surface area contributed by atoms with Gasteiger partial charge in [-0.2, -0.15) is 0 Å². The maximum Gasteiger partial charge on any atom is 0.227 e. The maximum atomic E-state index is 13.9. The SMILES string of the molecule is Cc1noc(C)c1[C@H]1CCCN1C(=O)Cc1c(F)cccc1Cl. The minimum atomic E-state index is -0.445. The number of carbonyl (C=O) groups is 1. The Labute approximate surface area is 139 Å². The van der Waals surface area contributed by atoms with E-state index in [1.165, 1.54) is 12.1 Å². The molecule has 0 spiro atoms. The summed E-state index contributed by atoms with van der Waals surface area (Å²) in [4.78, 5) is 14.5. The van der Waals surface area contributed by atoms with Crippen molar-refractivity contribution in [2.45, 2.75) is 39.2 Å². The van der Waals surface area contributed by atoms with Crippen LogP contribution in [-0.4, -0.2) is 22.5 Å². The van der Waals surface area contributed by atoms with Gasteiger partial charge in [-0.05, 0) is 38.8 Å². The monoisotopic (exact) mass is 336 g/mol. The maximum absolute atomic E-state index is 13.9. The zero-order chi connectivity index (χ0) is 16.6. The molecular weight excluding hydrogens is 319 g/mol. The van der Waals surface area contributed by atoms with Crippen LogP contribution in [0.4, 0.5) is 4.39 Å². The van der Waals surface area contributed by atoms with E-state index in [1.54, 1.807) is 11.0 Å². The first-order chi connectivity index (χ1) is 11.0. The Kier molecular flexibility index (Phi) is 4.39. The molecule has 1 amide bonds. The van der Waals surface area contributed by atoms with Gasteiger partial charge in [0, 0.05) is 22.7 Å². The van der Waals surface area contributed by atoms with Gasteiger partial charge in [-0.3, -0.25) is 4.79 Å². The molecule has 3 rings (SSSR count). The Morgan fingerprint density at radius 1 is 1.48 bits per heavy atom. The standard InChI is InChI=1S/C17H18ClFN2O2/c1-10-17(11(2)23-20-10)15-7-4-8-21(15)16(22)9-12-13(18)5-3-6-14(12)19/h3,5-6,15H,4,7-9H2,1-2H3/t15-/m1/s1. The summed E-state index contributed by atoms with van der Waals surface area (Å²) in [5.41, 5.74) is 2.02. The summed E-state index contributed by atoms with van der Waals surface area (Å²) in [6.45, 7) is 4.38. The molecule has 0 bridgehead atoms. The second-order valence-electron chi connectivity index (χ2n) is 5.86. The highest BCUT2D eigenvalue weighted by Crippen LogP contribution is 2.36. The second-order valence-corrected chi connectivity index (χ2v) is 6.27. The van der Waals surface area contributed by atoms with E-state index in [1.807, 2.05) is 13.8 Å². The molecule has 1 fully saturated rings. The highest BCUT2D eigenvalue weighted by Gasteiger charge is 2.34. The Morgan fingerprint density at radius 3 is 2.91 bits per heavy atom. The van der Waals surface area contributed by atoms with E-state index in [2.05, 4.69) is 5.16 Å². The lowest BCUT2D eigenvalue weighted by Gasteiger charge is -2.25. The van der Waals surface area contributed by atoms with Crippen LogP contribution in [0.2, 0.25) is 5.02 Å². The first-order valence-corrected chi connectivity index (χ1v) is 8.02. The summed E-state index contributed by atoms with van der Waals surface area (Å²) < 4.78 is 19.1. The molecule has 0 aliphatic carbocycles. The number of hydrogen-bond donors (Lipinski definition) is 0. The number of aryl methyl sites for hydroxylation is 2. The first kappa shape index (κ1) is 16.0. The van der Waals surface area contributed by atoms with Gasteiger partial charge in [0.25, 0.3) is 0 Å². The summed E-state index contributed by atoms with van der Waals surface area (Å²) in [6, 6.07) is 4.40. The van der Waals surface area contributed by atoms with Crippen LogP contribution in [0.3, 0.4) is 0 Å². The molecule has 1 saturated heterocycles. The fraction of sp³-hybridized carbons (Fsp3) is 0.412. The Morgan fingerprint density at radius 2 is 2.26 bits per heavy atom. The largest absolute Gasteiger partial charge is 0.361 e. The normalized spacial score (nSPS) is 17.7. The van der Waals surface area contributed by atoms with E-state index in [9.17, 15) is 9.18 Å². The van der Waals surface area contributed by atoms with E-state index < -0.39 is 5.82 Å². The predicted molar refractivity (Wildman–Crippen MR) is 84.8 cm³/mol. The summed E-state index contributed by atoms with van der Waals surface area (Å²) >= 11 is 6.03. The van der Waals surface area contributed by atoms with E-state index in [0.717, 1.165) is 29.9 Å². The molecule has 4 nitrogen and oxygen atoms in total.